The first-order chi connectivity index (χ1) is 14.5. The van der Waals surface area contributed by atoms with E-state index in [1.54, 1.807) is 17.7 Å². The van der Waals surface area contributed by atoms with Crippen molar-refractivity contribution in [3.8, 4) is 5.88 Å². The van der Waals surface area contributed by atoms with Gasteiger partial charge < -0.3 is 14.4 Å². The number of cyclic esters (lactones) is 1. The van der Waals surface area contributed by atoms with Crippen molar-refractivity contribution in [3.63, 3.8) is 0 Å². The molecular weight excluding hydrogens is 404 g/mol. The highest BCUT2D eigenvalue weighted by Gasteiger charge is 2.38. The Bertz CT molecular complexity index is 983. The fraction of sp³-hybridized carbons (Fsp3) is 0.619. The van der Waals surface area contributed by atoms with E-state index < -0.39 is 12.2 Å². The van der Waals surface area contributed by atoms with Crippen molar-refractivity contribution >= 4 is 33.6 Å². The molecule has 2 aliphatic carbocycles. The quantitative estimate of drug-likeness (QED) is 0.779. The van der Waals surface area contributed by atoms with Gasteiger partial charge in [0.1, 0.15) is 17.3 Å². The van der Waals surface area contributed by atoms with Gasteiger partial charge in [-0.2, -0.15) is 0 Å². The number of nitrogens with zero attached hydrogens (tertiary/aromatic N) is 3. The van der Waals surface area contributed by atoms with E-state index in [9.17, 15) is 9.59 Å². The molecule has 30 heavy (non-hydrogen) atoms. The van der Waals surface area contributed by atoms with Crippen LogP contribution in [0.3, 0.4) is 0 Å². The Hall–Kier alpha value is -2.26. The molecule has 3 aliphatic rings. The largest absolute Gasteiger partial charge is 0.474 e. The molecule has 2 aromatic rings. The lowest BCUT2D eigenvalue weighted by molar-refractivity contribution is -0.123. The maximum Gasteiger partial charge on any atom is 0.414 e. The fourth-order valence-electron chi connectivity index (χ4n) is 5.01. The highest BCUT2D eigenvalue weighted by atomic mass is 32.1. The van der Waals surface area contributed by atoms with Gasteiger partial charge in [0.25, 0.3) is 5.91 Å². The summed E-state index contributed by atoms with van der Waals surface area (Å²) in [7, 11) is 4.27. The standard InChI is InChI=1S/C21H26N4O4S/c1-25(2)12-4-6-13(7-5-12)28-19-17-16-11(9-14-18(26)24-21(27)29-14)3-8-15(16)30-20(17)23-10-22-19/h10-14H,3-9H2,1-2H3,(H,24,26,27)/t11-,12-,13-,14?/m1/s1. The van der Waals surface area contributed by atoms with E-state index in [4.69, 9.17) is 9.47 Å². The third-order valence-electron chi connectivity index (χ3n) is 6.61. The molecule has 2 atom stereocenters. The molecule has 0 spiro atoms. The van der Waals surface area contributed by atoms with Crippen molar-refractivity contribution < 1.29 is 19.1 Å². The lowest BCUT2D eigenvalue weighted by Gasteiger charge is -2.32. The van der Waals surface area contributed by atoms with Gasteiger partial charge >= 0.3 is 6.09 Å². The molecule has 1 saturated carbocycles. The highest BCUT2D eigenvalue weighted by Crippen LogP contribution is 2.48. The van der Waals surface area contributed by atoms with E-state index >= 15 is 0 Å². The Balaban J connectivity index is 1.39. The van der Waals surface area contributed by atoms with Gasteiger partial charge in [0.15, 0.2) is 6.10 Å². The van der Waals surface area contributed by atoms with E-state index in [-0.39, 0.29) is 17.9 Å². The lowest BCUT2D eigenvalue weighted by atomic mass is 9.92. The van der Waals surface area contributed by atoms with Crippen molar-refractivity contribution in [2.75, 3.05) is 14.1 Å². The molecule has 1 unspecified atom stereocenters. The minimum absolute atomic E-state index is 0.133. The number of carbonyl (C=O) groups is 2. The summed E-state index contributed by atoms with van der Waals surface area (Å²) in [5.41, 5.74) is 1.18. The van der Waals surface area contributed by atoms with Gasteiger partial charge in [-0.25, -0.2) is 14.8 Å². The molecule has 3 heterocycles. The molecule has 1 N–H and O–H groups in total. The number of aryl methyl sites for hydroxylation is 1. The highest BCUT2D eigenvalue weighted by molar-refractivity contribution is 7.19. The van der Waals surface area contributed by atoms with Crippen LogP contribution in [0.2, 0.25) is 0 Å². The minimum Gasteiger partial charge on any atom is -0.474 e. The van der Waals surface area contributed by atoms with Crippen molar-refractivity contribution in [1.82, 2.24) is 20.2 Å². The van der Waals surface area contributed by atoms with Crippen LogP contribution in [0.1, 0.15) is 54.9 Å². The first-order valence-electron chi connectivity index (χ1n) is 10.6. The van der Waals surface area contributed by atoms with Gasteiger partial charge in [-0.05, 0) is 64.1 Å². The predicted molar refractivity (Wildman–Crippen MR) is 112 cm³/mol. The van der Waals surface area contributed by atoms with Gasteiger partial charge in [-0.15, -0.1) is 11.3 Å². The van der Waals surface area contributed by atoms with E-state index in [0.717, 1.165) is 48.7 Å². The molecule has 9 heteroatoms. The van der Waals surface area contributed by atoms with E-state index in [2.05, 4.69) is 34.3 Å². The second-order valence-electron chi connectivity index (χ2n) is 8.66. The Morgan fingerprint density at radius 3 is 2.70 bits per heavy atom. The van der Waals surface area contributed by atoms with Crippen LogP contribution in [0.15, 0.2) is 6.33 Å². The van der Waals surface area contributed by atoms with Crippen LogP contribution in [0, 0.1) is 0 Å². The van der Waals surface area contributed by atoms with Crippen LogP contribution >= 0.6 is 11.3 Å². The molecule has 8 nitrogen and oxygen atoms in total. The summed E-state index contributed by atoms with van der Waals surface area (Å²) in [6.07, 6.45) is 7.00. The van der Waals surface area contributed by atoms with Crippen molar-refractivity contribution in [2.24, 2.45) is 0 Å². The van der Waals surface area contributed by atoms with Crippen LogP contribution in [-0.2, 0) is 16.0 Å². The maximum atomic E-state index is 12.0. The number of ether oxygens (including phenoxy) is 2. The topological polar surface area (TPSA) is 93.7 Å². The first-order valence-corrected chi connectivity index (χ1v) is 11.4. The zero-order chi connectivity index (χ0) is 20.8. The molecule has 0 aromatic carbocycles. The van der Waals surface area contributed by atoms with Crippen LogP contribution in [0.4, 0.5) is 4.79 Å². The molecule has 1 aliphatic heterocycles. The summed E-state index contributed by atoms with van der Waals surface area (Å²) in [4.78, 5) is 36.9. The third kappa shape index (κ3) is 3.54. The van der Waals surface area contributed by atoms with Crippen molar-refractivity contribution in [1.29, 1.82) is 0 Å². The zero-order valence-corrected chi connectivity index (χ0v) is 18.0. The Kier molecular flexibility index (Phi) is 5.10. The van der Waals surface area contributed by atoms with Crippen molar-refractivity contribution in [2.45, 2.75) is 69.1 Å². The molecule has 2 amide bonds. The summed E-state index contributed by atoms with van der Waals surface area (Å²) in [6, 6.07) is 0.616. The van der Waals surface area contributed by atoms with Crippen LogP contribution in [0.25, 0.3) is 10.2 Å². The monoisotopic (exact) mass is 430 g/mol. The minimum atomic E-state index is -0.723. The molecule has 0 bridgehead atoms. The van der Waals surface area contributed by atoms with Gasteiger partial charge in [0.2, 0.25) is 5.88 Å². The Morgan fingerprint density at radius 2 is 2.00 bits per heavy atom. The van der Waals surface area contributed by atoms with E-state index in [1.807, 2.05) is 0 Å². The Morgan fingerprint density at radius 1 is 1.20 bits per heavy atom. The van der Waals surface area contributed by atoms with Crippen LogP contribution < -0.4 is 10.1 Å². The first kappa shape index (κ1) is 19.7. The maximum absolute atomic E-state index is 12.0. The molecule has 0 radical (unpaired) electrons. The number of hydrogen-bond donors (Lipinski definition) is 1. The lowest BCUT2D eigenvalue weighted by Crippen LogP contribution is -2.35. The van der Waals surface area contributed by atoms with Crippen LogP contribution in [0.5, 0.6) is 5.88 Å². The summed E-state index contributed by atoms with van der Waals surface area (Å²) >= 11 is 1.68. The molecule has 5 rings (SSSR count). The number of nitrogens with one attached hydrogen (secondary N) is 1. The number of alkyl carbamates (subject to hydrolysis) is 1. The number of rotatable bonds is 5. The number of carbonyl (C=O) groups excluding carboxylic acids is 2. The van der Waals surface area contributed by atoms with Crippen molar-refractivity contribution in [3.05, 3.63) is 16.8 Å². The smallest absolute Gasteiger partial charge is 0.414 e. The van der Waals surface area contributed by atoms with Gasteiger partial charge in [0.05, 0.1) is 5.39 Å². The number of fused-ring (bicyclic) bond motifs is 3. The average molecular weight is 431 g/mol. The predicted octanol–water partition coefficient (Wildman–Crippen LogP) is 3.00. The molecule has 1 saturated heterocycles. The molecule has 2 fully saturated rings. The number of aromatic nitrogens is 2. The fourth-order valence-corrected chi connectivity index (χ4v) is 6.24. The second-order valence-corrected chi connectivity index (χ2v) is 9.75. The SMILES string of the molecule is CN(C)[C@H]1CC[C@H](Oc2ncnc3sc4c(c23)[C@@H](CC2OC(=O)NC2=O)CC4)CC1. The number of hydrogen-bond acceptors (Lipinski definition) is 8. The third-order valence-corrected chi connectivity index (χ3v) is 7.79. The van der Waals surface area contributed by atoms with E-state index in [0.29, 0.717) is 18.3 Å². The second kappa shape index (κ2) is 7.77. The zero-order valence-electron chi connectivity index (χ0n) is 17.2. The van der Waals surface area contributed by atoms with Gasteiger partial charge in [-0.3, -0.25) is 10.1 Å². The number of amides is 2. The van der Waals surface area contributed by atoms with E-state index in [1.165, 1.54) is 10.4 Å². The number of imide groups is 1. The summed E-state index contributed by atoms with van der Waals surface area (Å²) in [5, 5.41) is 3.21. The van der Waals surface area contributed by atoms with Crippen LogP contribution in [-0.4, -0.2) is 59.2 Å². The number of thiophene rings is 1. The van der Waals surface area contributed by atoms with Gasteiger partial charge in [-0.1, -0.05) is 0 Å². The normalized spacial score (nSPS) is 28.6. The molecular formula is C21H26N4O4S. The summed E-state index contributed by atoms with van der Waals surface area (Å²) < 4.78 is 11.6. The summed E-state index contributed by atoms with van der Waals surface area (Å²) in [6.45, 7) is 0. The average Bonchev–Trinajstić information content (AvgIpc) is 3.37. The summed E-state index contributed by atoms with van der Waals surface area (Å²) in [5.74, 6) is 0.442. The molecule has 160 valence electrons. The molecule has 2 aromatic heterocycles. The van der Waals surface area contributed by atoms with Gasteiger partial charge in [0, 0.05) is 17.3 Å². The Labute approximate surface area is 179 Å².